The van der Waals surface area contributed by atoms with Gasteiger partial charge in [-0.25, -0.2) is 9.59 Å². The number of aromatic carboxylic acids is 1. The predicted octanol–water partition coefficient (Wildman–Crippen LogP) is 1.56. The van der Waals surface area contributed by atoms with Crippen LogP contribution in [-0.2, 0) is 10.7 Å². The molecule has 0 aliphatic carbocycles. The van der Waals surface area contributed by atoms with E-state index in [1.165, 1.54) is 6.07 Å². The number of halogens is 2. The van der Waals surface area contributed by atoms with Crippen molar-refractivity contribution in [2.75, 3.05) is 0 Å². The lowest BCUT2D eigenvalue weighted by Gasteiger charge is -2.13. The summed E-state index contributed by atoms with van der Waals surface area (Å²) in [6, 6.07) is 4.09. The first kappa shape index (κ1) is 11.1. The SMILES string of the molecule is O=C(O)c1ccccc1C(F)(F)C(=O)O. The molecule has 0 saturated carbocycles. The molecule has 0 fully saturated rings. The van der Waals surface area contributed by atoms with Crippen molar-refractivity contribution in [3.8, 4) is 0 Å². The van der Waals surface area contributed by atoms with E-state index < -0.39 is 29.0 Å². The van der Waals surface area contributed by atoms with E-state index in [-0.39, 0.29) is 0 Å². The molecule has 0 aliphatic rings. The zero-order valence-electron chi connectivity index (χ0n) is 7.28. The van der Waals surface area contributed by atoms with Crippen LogP contribution in [0.1, 0.15) is 15.9 Å². The van der Waals surface area contributed by atoms with Gasteiger partial charge in [-0.2, -0.15) is 8.78 Å². The van der Waals surface area contributed by atoms with E-state index in [4.69, 9.17) is 10.2 Å². The minimum atomic E-state index is -4.20. The van der Waals surface area contributed by atoms with Gasteiger partial charge in [-0.1, -0.05) is 18.2 Å². The number of carboxylic acid groups (broad SMARTS) is 2. The summed E-state index contributed by atoms with van der Waals surface area (Å²) in [4.78, 5) is 20.8. The Bertz CT molecular complexity index is 414. The third kappa shape index (κ3) is 1.93. The summed E-state index contributed by atoms with van der Waals surface area (Å²) in [6.07, 6.45) is 0. The number of rotatable bonds is 3. The summed E-state index contributed by atoms with van der Waals surface area (Å²) in [5.41, 5.74) is -1.74. The van der Waals surface area contributed by atoms with Gasteiger partial charge in [-0.05, 0) is 6.07 Å². The van der Waals surface area contributed by atoms with E-state index in [9.17, 15) is 18.4 Å². The Kier molecular flexibility index (Phi) is 2.69. The minimum Gasteiger partial charge on any atom is -0.478 e. The topological polar surface area (TPSA) is 74.6 Å². The molecule has 0 atom stereocenters. The first-order valence-corrected chi connectivity index (χ1v) is 3.81. The molecule has 0 spiro atoms. The number of alkyl halides is 2. The molecule has 15 heavy (non-hydrogen) atoms. The van der Waals surface area contributed by atoms with Crippen LogP contribution < -0.4 is 0 Å². The van der Waals surface area contributed by atoms with Crippen molar-refractivity contribution < 1.29 is 28.6 Å². The Balaban J connectivity index is 3.37. The Hall–Kier alpha value is -1.98. The quantitative estimate of drug-likeness (QED) is 0.803. The third-order valence-electron chi connectivity index (χ3n) is 1.76. The molecule has 4 nitrogen and oxygen atoms in total. The van der Waals surface area contributed by atoms with Gasteiger partial charge in [0.15, 0.2) is 0 Å². The van der Waals surface area contributed by atoms with Crippen LogP contribution >= 0.6 is 0 Å². The van der Waals surface area contributed by atoms with Gasteiger partial charge in [0, 0.05) is 5.56 Å². The lowest BCUT2D eigenvalue weighted by atomic mass is 10.0. The second kappa shape index (κ2) is 3.64. The van der Waals surface area contributed by atoms with Gasteiger partial charge < -0.3 is 10.2 Å². The molecule has 2 N–H and O–H groups in total. The summed E-state index contributed by atoms with van der Waals surface area (Å²) in [6.45, 7) is 0. The molecule has 0 bridgehead atoms. The van der Waals surface area contributed by atoms with Crippen molar-refractivity contribution in [2.24, 2.45) is 0 Å². The van der Waals surface area contributed by atoms with Crippen molar-refractivity contribution >= 4 is 11.9 Å². The van der Waals surface area contributed by atoms with E-state index >= 15 is 0 Å². The average Bonchev–Trinajstić information content (AvgIpc) is 2.17. The molecule has 0 unspecified atom stereocenters. The maximum atomic E-state index is 13.0. The summed E-state index contributed by atoms with van der Waals surface area (Å²) in [5.74, 6) is -8.17. The fourth-order valence-electron chi connectivity index (χ4n) is 1.06. The van der Waals surface area contributed by atoms with Gasteiger partial charge in [0.25, 0.3) is 0 Å². The van der Waals surface area contributed by atoms with Crippen molar-refractivity contribution in [2.45, 2.75) is 5.92 Å². The van der Waals surface area contributed by atoms with Gasteiger partial charge in [-0.15, -0.1) is 0 Å². The number of carboxylic acids is 2. The van der Waals surface area contributed by atoms with Crippen LogP contribution in [0.4, 0.5) is 8.78 Å². The van der Waals surface area contributed by atoms with E-state index in [0.717, 1.165) is 18.2 Å². The summed E-state index contributed by atoms with van der Waals surface area (Å²) >= 11 is 0. The van der Waals surface area contributed by atoms with E-state index in [0.29, 0.717) is 0 Å². The standard InChI is InChI=1S/C9H6F2O4/c10-9(11,8(14)15)6-4-2-1-3-5(6)7(12)13/h1-4H,(H,12,13)(H,14,15). The maximum Gasteiger partial charge on any atom is 0.379 e. The molecule has 0 amide bonds. The number of hydrogen-bond donors (Lipinski definition) is 2. The highest BCUT2D eigenvalue weighted by atomic mass is 19.3. The van der Waals surface area contributed by atoms with Crippen LogP contribution in [0.5, 0.6) is 0 Å². The second-order valence-electron chi connectivity index (χ2n) is 2.73. The molecule has 1 aromatic rings. The Morgan fingerprint density at radius 1 is 1.13 bits per heavy atom. The van der Waals surface area contributed by atoms with Crippen LogP contribution in [-0.4, -0.2) is 22.2 Å². The largest absolute Gasteiger partial charge is 0.478 e. The molecular formula is C9H6F2O4. The number of aliphatic carboxylic acids is 1. The maximum absolute atomic E-state index is 13.0. The molecule has 1 rings (SSSR count). The van der Waals surface area contributed by atoms with Crippen LogP contribution in [0.3, 0.4) is 0 Å². The first-order chi connectivity index (χ1) is 6.87. The van der Waals surface area contributed by atoms with E-state index in [1.807, 2.05) is 0 Å². The Labute approximate surface area is 82.8 Å². The fourth-order valence-corrected chi connectivity index (χ4v) is 1.06. The molecule has 0 heterocycles. The van der Waals surface area contributed by atoms with Crippen LogP contribution in [0.15, 0.2) is 24.3 Å². The predicted molar refractivity (Wildman–Crippen MR) is 44.9 cm³/mol. The molecule has 80 valence electrons. The first-order valence-electron chi connectivity index (χ1n) is 3.81. The fraction of sp³-hybridized carbons (Fsp3) is 0.111. The second-order valence-corrected chi connectivity index (χ2v) is 2.73. The van der Waals surface area contributed by atoms with E-state index in [1.54, 1.807) is 0 Å². The molecule has 0 radical (unpaired) electrons. The van der Waals surface area contributed by atoms with Gasteiger partial charge in [0.1, 0.15) is 0 Å². The van der Waals surface area contributed by atoms with Gasteiger partial charge >= 0.3 is 17.9 Å². The van der Waals surface area contributed by atoms with Crippen LogP contribution in [0, 0.1) is 0 Å². The van der Waals surface area contributed by atoms with Gasteiger partial charge in [0.2, 0.25) is 0 Å². The number of carbonyl (C=O) groups is 2. The molecule has 0 aliphatic heterocycles. The lowest BCUT2D eigenvalue weighted by Crippen LogP contribution is -2.27. The molecule has 0 aromatic heterocycles. The average molecular weight is 216 g/mol. The monoisotopic (exact) mass is 216 g/mol. The normalized spacial score (nSPS) is 11.1. The van der Waals surface area contributed by atoms with E-state index in [2.05, 4.69) is 0 Å². The smallest absolute Gasteiger partial charge is 0.379 e. The summed E-state index contributed by atoms with van der Waals surface area (Å²) in [7, 11) is 0. The molecule has 1 aromatic carbocycles. The van der Waals surface area contributed by atoms with Crippen molar-refractivity contribution in [3.05, 3.63) is 35.4 Å². The zero-order chi connectivity index (χ0) is 11.6. The Morgan fingerprint density at radius 3 is 2.13 bits per heavy atom. The van der Waals surface area contributed by atoms with Crippen molar-refractivity contribution in [3.63, 3.8) is 0 Å². The number of benzene rings is 1. The molecule has 6 heteroatoms. The van der Waals surface area contributed by atoms with Gasteiger partial charge in [0.05, 0.1) is 5.56 Å². The lowest BCUT2D eigenvalue weighted by molar-refractivity contribution is -0.166. The highest BCUT2D eigenvalue weighted by molar-refractivity contribution is 5.92. The highest BCUT2D eigenvalue weighted by Crippen LogP contribution is 2.30. The Morgan fingerprint density at radius 2 is 1.67 bits per heavy atom. The van der Waals surface area contributed by atoms with Crippen molar-refractivity contribution in [1.82, 2.24) is 0 Å². The highest BCUT2D eigenvalue weighted by Gasteiger charge is 2.43. The van der Waals surface area contributed by atoms with Crippen LogP contribution in [0.2, 0.25) is 0 Å². The summed E-state index contributed by atoms with van der Waals surface area (Å²) in [5, 5.41) is 16.8. The zero-order valence-corrected chi connectivity index (χ0v) is 7.28. The van der Waals surface area contributed by atoms with Crippen molar-refractivity contribution in [1.29, 1.82) is 0 Å². The molecule has 0 saturated heterocycles. The minimum absolute atomic E-state index is 0.718. The molecular weight excluding hydrogens is 210 g/mol. The van der Waals surface area contributed by atoms with Crippen LogP contribution in [0.25, 0.3) is 0 Å². The third-order valence-corrected chi connectivity index (χ3v) is 1.76. The summed E-state index contributed by atoms with van der Waals surface area (Å²) < 4.78 is 26.1. The van der Waals surface area contributed by atoms with Gasteiger partial charge in [-0.3, -0.25) is 0 Å². The number of hydrogen-bond acceptors (Lipinski definition) is 2.